The molecule has 15 heavy (non-hydrogen) atoms. The molecular formula is C11H18BrN3. The zero-order valence-corrected chi connectivity index (χ0v) is 11.0. The van der Waals surface area contributed by atoms with Crippen molar-refractivity contribution >= 4 is 15.9 Å². The van der Waals surface area contributed by atoms with Crippen LogP contribution in [-0.4, -0.2) is 27.5 Å². The SMILES string of the molecule is CC(C)n1c(Br)cnc1CN1CCCC1. The average Bonchev–Trinajstić information content (AvgIpc) is 2.76. The fourth-order valence-electron chi connectivity index (χ4n) is 2.18. The predicted octanol–water partition coefficient (Wildman–Crippen LogP) is 2.82. The van der Waals surface area contributed by atoms with E-state index in [9.17, 15) is 0 Å². The number of likely N-dealkylation sites (tertiary alicyclic amines) is 1. The van der Waals surface area contributed by atoms with E-state index in [1.807, 2.05) is 6.20 Å². The molecule has 1 saturated heterocycles. The van der Waals surface area contributed by atoms with Crippen molar-refractivity contribution in [1.82, 2.24) is 14.5 Å². The molecule has 0 saturated carbocycles. The Bertz CT molecular complexity index is 327. The number of hydrogen-bond acceptors (Lipinski definition) is 2. The zero-order valence-electron chi connectivity index (χ0n) is 9.41. The number of aromatic nitrogens is 2. The third kappa shape index (κ3) is 2.42. The van der Waals surface area contributed by atoms with Crippen LogP contribution in [0.5, 0.6) is 0 Å². The van der Waals surface area contributed by atoms with Gasteiger partial charge >= 0.3 is 0 Å². The predicted molar refractivity (Wildman–Crippen MR) is 64.8 cm³/mol. The second kappa shape index (κ2) is 4.66. The maximum Gasteiger partial charge on any atom is 0.124 e. The van der Waals surface area contributed by atoms with Crippen LogP contribution >= 0.6 is 15.9 Å². The molecular weight excluding hydrogens is 254 g/mol. The van der Waals surface area contributed by atoms with Crippen LogP contribution in [0.25, 0.3) is 0 Å². The fraction of sp³-hybridized carbons (Fsp3) is 0.727. The molecule has 0 aromatic carbocycles. The molecule has 0 radical (unpaired) electrons. The summed E-state index contributed by atoms with van der Waals surface area (Å²) < 4.78 is 3.35. The summed E-state index contributed by atoms with van der Waals surface area (Å²) in [6.07, 6.45) is 4.58. The van der Waals surface area contributed by atoms with Crippen molar-refractivity contribution < 1.29 is 0 Å². The van der Waals surface area contributed by atoms with Gasteiger partial charge in [-0.15, -0.1) is 0 Å². The van der Waals surface area contributed by atoms with Gasteiger partial charge in [0.1, 0.15) is 10.4 Å². The van der Waals surface area contributed by atoms with E-state index in [0.29, 0.717) is 6.04 Å². The van der Waals surface area contributed by atoms with E-state index in [2.05, 4.69) is 44.2 Å². The fourth-order valence-corrected chi connectivity index (χ4v) is 2.89. The van der Waals surface area contributed by atoms with E-state index >= 15 is 0 Å². The van der Waals surface area contributed by atoms with Gasteiger partial charge in [0.05, 0.1) is 12.7 Å². The lowest BCUT2D eigenvalue weighted by Gasteiger charge is -2.18. The van der Waals surface area contributed by atoms with E-state index in [0.717, 1.165) is 11.1 Å². The number of imidazole rings is 1. The standard InChI is InChI=1S/C11H18BrN3/c1-9(2)15-10(12)7-13-11(15)8-14-5-3-4-6-14/h7,9H,3-6,8H2,1-2H3. The van der Waals surface area contributed by atoms with Gasteiger partial charge in [-0.3, -0.25) is 4.90 Å². The summed E-state index contributed by atoms with van der Waals surface area (Å²) >= 11 is 3.55. The smallest absolute Gasteiger partial charge is 0.124 e. The van der Waals surface area contributed by atoms with Crippen LogP contribution in [0.1, 0.15) is 38.6 Å². The van der Waals surface area contributed by atoms with Crippen molar-refractivity contribution in [2.45, 2.75) is 39.3 Å². The molecule has 0 unspecified atom stereocenters. The Morgan fingerprint density at radius 3 is 2.67 bits per heavy atom. The second-order valence-electron chi connectivity index (χ2n) is 4.44. The summed E-state index contributed by atoms with van der Waals surface area (Å²) in [7, 11) is 0. The van der Waals surface area contributed by atoms with Crippen LogP contribution in [-0.2, 0) is 6.54 Å². The van der Waals surface area contributed by atoms with Gasteiger partial charge in [-0.2, -0.15) is 0 Å². The molecule has 84 valence electrons. The second-order valence-corrected chi connectivity index (χ2v) is 5.26. The summed E-state index contributed by atoms with van der Waals surface area (Å²) in [4.78, 5) is 6.95. The normalized spacial score (nSPS) is 17.9. The molecule has 0 atom stereocenters. The Morgan fingerprint density at radius 2 is 2.07 bits per heavy atom. The van der Waals surface area contributed by atoms with Crippen LogP contribution in [0.3, 0.4) is 0 Å². The Kier molecular flexibility index (Phi) is 3.46. The van der Waals surface area contributed by atoms with Crippen molar-refractivity contribution in [3.63, 3.8) is 0 Å². The van der Waals surface area contributed by atoms with Gasteiger partial charge in [0.25, 0.3) is 0 Å². The summed E-state index contributed by atoms with van der Waals surface area (Å²) in [6.45, 7) is 7.83. The van der Waals surface area contributed by atoms with E-state index in [1.54, 1.807) is 0 Å². The van der Waals surface area contributed by atoms with Crippen molar-refractivity contribution in [3.8, 4) is 0 Å². The largest absolute Gasteiger partial charge is 0.319 e. The van der Waals surface area contributed by atoms with Crippen molar-refractivity contribution in [1.29, 1.82) is 0 Å². The highest BCUT2D eigenvalue weighted by atomic mass is 79.9. The van der Waals surface area contributed by atoms with Gasteiger partial charge in [-0.25, -0.2) is 4.98 Å². The lowest BCUT2D eigenvalue weighted by molar-refractivity contribution is 0.313. The lowest BCUT2D eigenvalue weighted by Crippen LogP contribution is -2.21. The molecule has 0 amide bonds. The van der Waals surface area contributed by atoms with Gasteiger partial charge < -0.3 is 4.57 Å². The minimum Gasteiger partial charge on any atom is -0.319 e. The Balaban J connectivity index is 2.13. The third-order valence-electron chi connectivity index (χ3n) is 2.91. The lowest BCUT2D eigenvalue weighted by atomic mass is 10.3. The van der Waals surface area contributed by atoms with E-state index in [4.69, 9.17) is 0 Å². The minimum atomic E-state index is 0.472. The minimum absolute atomic E-state index is 0.472. The molecule has 1 fully saturated rings. The molecule has 0 N–H and O–H groups in total. The Labute approximate surface area is 99.6 Å². The van der Waals surface area contributed by atoms with Crippen LogP contribution < -0.4 is 0 Å². The third-order valence-corrected chi connectivity index (χ3v) is 3.50. The Hall–Kier alpha value is -0.350. The maximum atomic E-state index is 4.47. The van der Waals surface area contributed by atoms with Crippen LogP contribution in [0.15, 0.2) is 10.8 Å². The van der Waals surface area contributed by atoms with Crippen molar-refractivity contribution in [2.75, 3.05) is 13.1 Å². The first-order valence-corrected chi connectivity index (χ1v) is 6.41. The number of halogens is 1. The Morgan fingerprint density at radius 1 is 1.40 bits per heavy atom. The van der Waals surface area contributed by atoms with E-state index in [-0.39, 0.29) is 0 Å². The number of nitrogens with zero attached hydrogens (tertiary/aromatic N) is 3. The monoisotopic (exact) mass is 271 g/mol. The quantitative estimate of drug-likeness (QED) is 0.843. The molecule has 1 aromatic heterocycles. The highest BCUT2D eigenvalue weighted by Crippen LogP contribution is 2.21. The van der Waals surface area contributed by atoms with Gasteiger partial charge in [0, 0.05) is 6.04 Å². The molecule has 4 heteroatoms. The van der Waals surface area contributed by atoms with Crippen LogP contribution in [0, 0.1) is 0 Å². The molecule has 1 aromatic rings. The average molecular weight is 272 g/mol. The van der Waals surface area contributed by atoms with Crippen LogP contribution in [0.2, 0.25) is 0 Å². The summed E-state index contributed by atoms with van der Waals surface area (Å²) in [5.74, 6) is 1.18. The highest BCUT2D eigenvalue weighted by molar-refractivity contribution is 9.10. The van der Waals surface area contributed by atoms with Crippen molar-refractivity contribution in [2.24, 2.45) is 0 Å². The van der Waals surface area contributed by atoms with Gasteiger partial charge in [0.2, 0.25) is 0 Å². The van der Waals surface area contributed by atoms with Gasteiger partial charge in [0.15, 0.2) is 0 Å². The molecule has 2 rings (SSSR count). The molecule has 1 aliphatic heterocycles. The molecule has 0 bridgehead atoms. The van der Waals surface area contributed by atoms with Crippen LogP contribution in [0.4, 0.5) is 0 Å². The van der Waals surface area contributed by atoms with Gasteiger partial charge in [-0.1, -0.05) is 0 Å². The topological polar surface area (TPSA) is 21.1 Å². The first-order chi connectivity index (χ1) is 7.18. The maximum absolute atomic E-state index is 4.47. The summed E-state index contributed by atoms with van der Waals surface area (Å²) in [5.41, 5.74) is 0. The summed E-state index contributed by atoms with van der Waals surface area (Å²) in [5, 5.41) is 0. The highest BCUT2D eigenvalue weighted by Gasteiger charge is 2.17. The molecule has 0 spiro atoms. The molecule has 2 heterocycles. The first-order valence-electron chi connectivity index (χ1n) is 5.62. The first kappa shape index (κ1) is 11.1. The van der Waals surface area contributed by atoms with E-state index < -0.39 is 0 Å². The number of hydrogen-bond donors (Lipinski definition) is 0. The summed E-state index contributed by atoms with van der Waals surface area (Å²) in [6, 6.07) is 0.472. The molecule has 3 nitrogen and oxygen atoms in total. The number of rotatable bonds is 3. The molecule has 0 aliphatic carbocycles. The van der Waals surface area contributed by atoms with E-state index in [1.165, 1.54) is 31.8 Å². The molecule has 1 aliphatic rings. The van der Waals surface area contributed by atoms with Crippen molar-refractivity contribution in [3.05, 3.63) is 16.6 Å². The zero-order chi connectivity index (χ0) is 10.8. The van der Waals surface area contributed by atoms with Gasteiger partial charge in [-0.05, 0) is 55.7 Å².